The quantitative estimate of drug-likeness (QED) is 0.401. The first-order valence-electron chi connectivity index (χ1n) is 11.1. The van der Waals surface area contributed by atoms with Crippen molar-refractivity contribution >= 4 is 46.4 Å². The smallest absolute Gasteiger partial charge is 0.266 e. The Balaban J connectivity index is 1.52. The van der Waals surface area contributed by atoms with Crippen LogP contribution in [-0.2, 0) is 14.4 Å². The van der Waals surface area contributed by atoms with E-state index in [1.165, 1.54) is 4.90 Å². The second-order valence-corrected chi connectivity index (χ2v) is 9.02. The number of hydrogen-bond acceptors (Lipinski definition) is 5. The Bertz CT molecular complexity index is 1220. The highest BCUT2D eigenvalue weighted by molar-refractivity contribution is 6.35. The molecule has 2 amide bonds. The molecule has 0 aliphatic carbocycles. The van der Waals surface area contributed by atoms with Crippen LogP contribution in [0.15, 0.2) is 72.8 Å². The van der Waals surface area contributed by atoms with Crippen LogP contribution in [0.2, 0.25) is 10.0 Å². The molecule has 2 aliphatic heterocycles. The molecule has 0 spiro atoms. The van der Waals surface area contributed by atoms with Crippen LogP contribution in [0.3, 0.4) is 0 Å². The summed E-state index contributed by atoms with van der Waals surface area (Å²) in [6.45, 7) is 2.62. The molecule has 0 radical (unpaired) electrons. The average molecular weight is 497 g/mol. The average Bonchev–Trinajstić information content (AvgIpc) is 3.35. The molecule has 0 aromatic heterocycles. The van der Waals surface area contributed by atoms with Gasteiger partial charge in [-0.15, -0.1) is 0 Å². The van der Waals surface area contributed by atoms with E-state index in [-0.39, 0.29) is 5.91 Å². The van der Waals surface area contributed by atoms with Crippen LogP contribution in [-0.4, -0.2) is 24.5 Å². The number of halogens is 2. The first-order chi connectivity index (χ1) is 16.5. The van der Waals surface area contributed by atoms with Crippen LogP contribution in [0, 0.1) is 5.92 Å². The van der Waals surface area contributed by atoms with Crippen LogP contribution in [0.1, 0.15) is 24.9 Å². The third kappa shape index (κ3) is 3.92. The van der Waals surface area contributed by atoms with E-state index in [0.29, 0.717) is 33.7 Å². The van der Waals surface area contributed by atoms with Gasteiger partial charge in [-0.25, -0.2) is 9.96 Å². The van der Waals surface area contributed by atoms with Gasteiger partial charge in [-0.3, -0.25) is 14.4 Å². The van der Waals surface area contributed by atoms with E-state index in [9.17, 15) is 9.59 Å². The molecule has 0 bridgehead atoms. The summed E-state index contributed by atoms with van der Waals surface area (Å²) in [7, 11) is 0. The summed E-state index contributed by atoms with van der Waals surface area (Å²) < 4.78 is 5.62. The molecule has 3 aromatic carbocycles. The van der Waals surface area contributed by atoms with Crippen LogP contribution < -0.4 is 14.7 Å². The lowest BCUT2D eigenvalue weighted by Gasteiger charge is -2.29. The minimum absolute atomic E-state index is 0.341. The Kier molecular flexibility index (Phi) is 6.21. The van der Waals surface area contributed by atoms with Gasteiger partial charge in [-0.05, 0) is 60.5 Å². The molecule has 0 saturated carbocycles. The largest absolute Gasteiger partial charge is 0.494 e. The fourth-order valence-electron chi connectivity index (χ4n) is 4.44. The van der Waals surface area contributed by atoms with Gasteiger partial charge in [0.1, 0.15) is 11.7 Å². The second-order valence-electron chi connectivity index (χ2n) is 8.18. The number of rotatable bonds is 6. The highest BCUT2D eigenvalue weighted by atomic mass is 35.5. The number of carbonyl (C=O) groups excluding carboxylic acids is 2. The summed E-state index contributed by atoms with van der Waals surface area (Å²) >= 11 is 12.7. The number of hydroxylamine groups is 1. The van der Waals surface area contributed by atoms with Gasteiger partial charge in [0.25, 0.3) is 5.91 Å². The number of fused-ring (bicyclic) bond motifs is 1. The zero-order valence-corrected chi connectivity index (χ0v) is 19.9. The number of amides is 2. The zero-order valence-electron chi connectivity index (χ0n) is 18.4. The Morgan fingerprint density at radius 2 is 1.65 bits per heavy atom. The third-order valence-corrected chi connectivity index (χ3v) is 6.54. The molecule has 2 heterocycles. The summed E-state index contributed by atoms with van der Waals surface area (Å²) in [5.41, 5.74) is 1.86. The van der Waals surface area contributed by atoms with E-state index >= 15 is 0 Å². The molecule has 3 unspecified atom stereocenters. The lowest BCUT2D eigenvalue weighted by molar-refractivity contribution is -0.126. The predicted octanol–water partition coefficient (Wildman–Crippen LogP) is 5.83. The maximum Gasteiger partial charge on any atom is 0.266 e. The number of hydrogen-bond donors (Lipinski definition) is 0. The topological polar surface area (TPSA) is 59.1 Å². The summed E-state index contributed by atoms with van der Waals surface area (Å²) in [6, 6.07) is 20.8. The van der Waals surface area contributed by atoms with Crippen molar-refractivity contribution in [1.29, 1.82) is 0 Å². The number of anilines is 2. The number of benzene rings is 3. The monoisotopic (exact) mass is 496 g/mol. The van der Waals surface area contributed by atoms with E-state index in [4.69, 9.17) is 32.8 Å². The molecule has 6 nitrogen and oxygen atoms in total. The number of para-hydroxylation sites is 1. The first-order valence-corrected chi connectivity index (χ1v) is 11.8. The highest BCUT2D eigenvalue weighted by Gasteiger charge is 2.60. The van der Waals surface area contributed by atoms with Crippen molar-refractivity contribution < 1.29 is 19.2 Å². The molecular formula is C26H22Cl2N2O4. The van der Waals surface area contributed by atoms with Gasteiger partial charge >= 0.3 is 0 Å². The SMILES string of the molecule is CCCOc1ccc(N2C(=O)C3ON(c4ccccc4)C(c4ccc(Cl)cc4Cl)C3C2=O)cc1. The van der Waals surface area contributed by atoms with Crippen molar-refractivity contribution in [3.8, 4) is 5.75 Å². The Hall–Kier alpha value is -3.06. The van der Waals surface area contributed by atoms with Crippen molar-refractivity contribution in [1.82, 2.24) is 0 Å². The van der Waals surface area contributed by atoms with Crippen molar-refractivity contribution in [2.45, 2.75) is 25.5 Å². The molecule has 3 aromatic rings. The summed E-state index contributed by atoms with van der Waals surface area (Å²) in [6.07, 6.45) is -0.0848. The highest BCUT2D eigenvalue weighted by Crippen LogP contribution is 2.49. The lowest BCUT2D eigenvalue weighted by atomic mass is 9.90. The number of ether oxygens (including phenoxy) is 1. The van der Waals surface area contributed by atoms with Crippen molar-refractivity contribution in [2.75, 3.05) is 16.6 Å². The minimum Gasteiger partial charge on any atom is -0.494 e. The molecule has 0 N–H and O–H groups in total. The zero-order chi connectivity index (χ0) is 23.8. The van der Waals surface area contributed by atoms with Crippen molar-refractivity contribution in [2.24, 2.45) is 5.92 Å². The Morgan fingerprint density at radius 3 is 2.32 bits per heavy atom. The number of carbonyl (C=O) groups is 2. The fraction of sp³-hybridized carbons (Fsp3) is 0.231. The van der Waals surface area contributed by atoms with Gasteiger partial charge in [0.15, 0.2) is 6.10 Å². The Labute approximate surface area is 207 Å². The van der Waals surface area contributed by atoms with E-state index in [0.717, 1.165) is 12.1 Å². The molecule has 174 valence electrons. The summed E-state index contributed by atoms with van der Waals surface area (Å²) in [5.74, 6) is -0.845. The van der Waals surface area contributed by atoms with Gasteiger partial charge < -0.3 is 4.74 Å². The van der Waals surface area contributed by atoms with E-state index in [1.54, 1.807) is 47.5 Å². The fourth-order valence-corrected chi connectivity index (χ4v) is 4.96. The lowest BCUT2D eigenvalue weighted by Crippen LogP contribution is -2.37. The molecule has 3 atom stereocenters. The predicted molar refractivity (Wildman–Crippen MR) is 131 cm³/mol. The van der Waals surface area contributed by atoms with Gasteiger partial charge in [-0.2, -0.15) is 0 Å². The molecule has 5 rings (SSSR count). The van der Waals surface area contributed by atoms with Crippen LogP contribution in [0.5, 0.6) is 5.75 Å². The number of nitrogens with zero attached hydrogens (tertiary/aromatic N) is 2. The van der Waals surface area contributed by atoms with Gasteiger partial charge in [0.2, 0.25) is 5.91 Å². The number of imide groups is 1. The third-order valence-electron chi connectivity index (χ3n) is 5.98. The van der Waals surface area contributed by atoms with Gasteiger partial charge in [-0.1, -0.05) is 54.4 Å². The van der Waals surface area contributed by atoms with E-state index in [2.05, 4.69) is 0 Å². The van der Waals surface area contributed by atoms with Crippen molar-refractivity contribution in [3.05, 3.63) is 88.4 Å². The second kappa shape index (κ2) is 9.29. The van der Waals surface area contributed by atoms with E-state index < -0.39 is 24.0 Å². The molecule has 2 aliphatic rings. The molecular weight excluding hydrogens is 475 g/mol. The van der Waals surface area contributed by atoms with E-state index in [1.807, 2.05) is 37.3 Å². The summed E-state index contributed by atoms with van der Waals surface area (Å²) in [5, 5.41) is 2.49. The molecule has 2 saturated heterocycles. The maximum atomic E-state index is 13.7. The van der Waals surface area contributed by atoms with Crippen molar-refractivity contribution in [3.63, 3.8) is 0 Å². The van der Waals surface area contributed by atoms with Gasteiger partial charge in [0.05, 0.1) is 24.0 Å². The van der Waals surface area contributed by atoms with Crippen LogP contribution >= 0.6 is 23.2 Å². The van der Waals surface area contributed by atoms with Crippen LogP contribution in [0.4, 0.5) is 11.4 Å². The first kappa shape index (κ1) is 22.7. The molecule has 34 heavy (non-hydrogen) atoms. The van der Waals surface area contributed by atoms with Gasteiger partial charge in [0, 0.05) is 10.0 Å². The molecule has 8 heteroatoms. The summed E-state index contributed by atoms with van der Waals surface area (Å²) in [4.78, 5) is 34.4. The normalized spacial score (nSPS) is 21.8. The minimum atomic E-state index is -0.972. The standard InChI is InChI=1S/C26H22Cl2N2O4/c1-2-14-33-19-11-9-17(10-12-19)29-25(31)22-23(20-13-8-16(27)15-21(20)28)30(34-24(22)26(29)32)18-6-4-3-5-7-18/h3-13,15,22-24H,2,14H2,1H3. The Morgan fingerprint density at radius 1 is 0.912 bits per heavy atom. The molecule has 2 fully saturated rings. The maximum absolute atomic E-state index is 13.7. The van der Waals surface area contributed by atoms with Crippen LogP contribution in [0.25, 0.3) is 0 Å².